The molecule has 8 heteroatoms. The number of aliphatic hydroxyl groups is 1. The number of piperazine rings is 1. The summed E-state index contributed by atoms with van der Waals surface area (Å²) in [4.78, 5) is 8.47. The van der Waals surface area contributed by atoms with Gasteiger partial charge in [-0.25, -0.2) is 0 Å². The Balaban J connectivity index is 1.78. The van der Waals surface area contributed by atoms with Crippen molar-refractivity contribution in [1.82, 2.24) is 10.3 Å². The van der Waals surface area contributed by atoms with E-state index < -0.39 is 6.41 Å². The molecule has 7 nitrogen and oxygen atoms in total. The van der Waals surface area contributed by atoms with E-state index in [2.05, 4.69) is 22.1 Å². The SMILES string of the molecule is C[C@H]1CNCCN1c1nc2cc(Cl)cc(N3CCOC3O)c2o1. The summed E-state index contributed by atoms with van der Waals surface area (Å²) in [7, 11) is 0. The predicted molar refractivity (Wildman–Crippen MR) is 88.0 cm³/mol. The molecular weight excluding hydrogens is 320 g/mol. The van der Waals surface area contributed by atoms with Crippen LogP contribution in [0.25, 0.3) is 11.1 Å². The summed E-state index contributed by atoms with van der Waals surface area (Å²) in [5, 5.41) is 13.9. The molecule has 2 saturated heterocycles. The van der Waals surface area contributed by atoms with Gasteiger partial charge in [0, 0.05) is 37.2 Å². The van der Waals surface area contributed by atoms with Crippen LogP contribution in [0.5, 0.6) is 0 Å². The summed E-state index contributed by atoms with van der Waals surface area (Å²) in [5.74, 6) is 0. The van der Waals surface area contributed by atoms with Crippen LogP contribution < -0.4 is 15.1 Å². The lowest BCUT2D eigenvalue weighted by Crippen LogP contribution is -2.50. The third kappa shape index (κ3) is 2.63. The maximum Gasteiger partial charge on any atom is 0.298 e. The number of hydrogen-bond donors (Lipinski definition) is 2. The van der Waals surface area contributed by atoms with Crippen molar-refractivity contribution in [2.75, 3.05) is 42.6 Å². The zero-order valence-corrected chi connectivity index (χ0v) is 13.6. The summed E-state index contributed by atoms with van der Waals surface area (Å²) < 4.78 is 11.3. The average Bonchev–Trinajstić information content (AvgIpc) is 3.13. The van der Waals surface area contributed by atoms with Crippen LogP contribution in [-0.4, -0.2) is 55.3 Å². The summed E-state index contributed by atoms with van der Waals surface area (Å²) >= 11 is 6.22. The van der Waals surface area contributed by atoms with Gasteiger partial charge in [0.2, 0.25) is 6.41 Å². The quantitative estimate of drug-likeness (QED) is 0.857. The largest absolute Gasteiger partial charge is 0.421 e. The number of halogens is 1. The molecule has 0 aliphatic carbocycles. The molecule has 23 heavy (non-hydrogen) atoms. The number of nitrogens with one attached hydrogen (secondary N) is 1. The monoisotopic (exact) mass is 338 g/mol. The topological polar surface area (TPSA) is 74.0 Å². The van der Waals surface area contributed by atoms with Crippen molar-refractivity contribution in [2.45, 2.75) is 19.4 Å². The van der Waals surface area contributed by atoms with Gasteiger partial charge < -0.3 is 29.4 Å². The lowest BCUT2D eigenvalue weighted by molar-refractivity contribution is -0.0573. The maximum atomic E-state index is 9.97. The molecule has 124 valence electrons. The van der Waals surface area contributed by atoms with Gasteiger partial charge in [-0.05, 0) is 19.1 Å². The van der Waals surface area contributed by atoms with Crippen LogP contribution in [0, 0.1) is 0 Å². The molecule has 0 bridgehead atoms. The number of nitrogens with zero attached hydrogens (tertiary/aromatic N) is 3. The Morgan fingerprint density at radius 1 is 1.35 bits per heavy atom. The molecule has 1 unspecified atom stereocenters. The molecule has 2 aliphatic rings. The molecule has 0 radical (unpaired) electrons. The van der Waals surface area contributed by atoms with Gasteiger partial charge in [0.05, 0.1) is 12.3 Å². The van der Waals surface area contributed by atoms with E-state index in [1.165, 1.54) is 0 Å². The lowest BCUT2D eigenvalue weighted by Gasteiger charge is -2.32. The van der Waals surface area contributed by atoms with Crippen LogP contribution in [0.15, 0.2) is 16.5 Å². The van der Waals surface area contributed by atoms with Gasteiger partial charge in [-0.2, -0.15) is 4.98 Å². The first-order chi connectivity index (χ1) is 11.1. The van der Waals surface area contributed by atoms with E-state index >= 15 is 0 Å². The number of fused-ring (bicyclic) bond motifs is 1. The Hall–Kier alpha value is -1.54. The standard InChI is InChI=1S/C15H19ClN4O3/c1-9-8-17-2-3-19(9)14-18-11-6-10(16)7-12(13(11)23-14)20-4-5-22-15(20)21/h6-7,9,15,17,21H,2-5,8H2,1H3/t9-,15?/m0/s1. The molecule has 0 saturated carbocycles. The van der Waals surface area contributed by atoms with E-state index in [0.717, 1.165) is 19.6 Å². The molecule has 3 heterocycles. The fourth-order valence-corrected chi connectivity index (χ4v) is 3.33. The first-order valence-corrected chi connectivity index (χ1v) is 8.15. The van der Waals surface area contributed by atoms with E-state index in [0.29, 0.717) is 47.0 Å². The normalized spacial score (nSPS) is 25.5. The second-order valence-corrected chi connectivity index (χ2v) is 6.34. The number of benzene rings is 1. The highest BCUT2D eigenvalue weighted by Gasteiger charge is 2.29. The molecule has 1 aromatic heterocycles. The Labute approximate surface area is 138 Å². The predicted octanol–water partition coefficient (Wildman–Crippen LogP) is 1.39. The van der Waals surface area contributed by atoms with Crippen molar-refractivity contribution < 1.29 is 14.3 Å². The van der Waals surface area contributed by atoms with Crippen LogP contribution in [0.4, 0.5) is 11.7 Å². The molecule has 2 fully saturated rings. The minimum Gasteiger partial charge on any atom is -0.421 e. The van der Waals surface area contributed by atoms with Gasteiger partial charge in [0.15, 0.2) is 5.58 Å². The molecule has 2 N–H and O–H groups in total. The highest BCUT2D eigenvalue weighted by atomic mass is 35.5. The van der Waals surface area contributed by atoms with E-state index in [1.54, 1.807) is 17.0 Å². The Kier molecular flexibility index (Phi) is 3.81. The molecule has 2 aliphatic heterocycles. The number of hydrogen-bond acceptors (Lipinski definition) is 7. The van der Waals surface area contributed by atoms with Crippen molar-refractivity contribution in [3.05, 3.63) is 17.2 Å². The highest BCUT2D eigenvalue weighted by molar-refractivity contribution is 6.31. The van der Waals surface area contributed by atoms with Crippen LogP contribution in [-0.2, 0) is 4.74 Å². The fraction of sp³-hybridized carbons (Fsp3) is 0.533. The number of aromatic nitrogens is 1. The molecule has 1 aromatic carbocycles. The minimum atomic E-state index is -0.983. The van der Waals surface area contributed by atoms with Crippen molar-refractivity contribution in [2.24, 2.45) is 0 Å². The van der Waals surface area contributed by atoms with E-state index in [1.807, 2.05) is 0 Å². The van der Waals surface area contributed by atoms with Crippen molar-refractivity contribution in [1.29, 1.82) is 0 Å². The van der Waals surface area contributed by atoms with Crippen molar-refractivity contribution in [3.8, 4) is 0 Å². The van der Waals surface area contributed by atoms with Gasteiger partial charge in [0.1, 0.15) is 5.52 Å². The zero-order valence-electron chi connectivity index (χ0n) is 12.8. The van der Waals surface area contributed by atoms with Gasteiger partial charge in [0.25, 0.3) is 6.01 Å². The van der Waals surface area contributed by atoms with E-state index in [-0.39, 0.29) is 0 Å². The number of aliphatic hydroxyl groups excluding tert-OH is 1. The third-order valence-corrected chi connectivity index (χ3v) is 4.56. The zero-order chi connectivity index (χ0) is 16.0. The number of rotatable bonds is 2. The second-order valence-electron chi connectivity index (χ2n) is 5.91. The average molecular weight is 339 g/mol. The molecular formula is C15H19ClN4O3. The molecule has 4 rings (SSSR count). The summed E-state index contributed by atoms with van der Waals surface area (Å²) in [6, 6.07) is 4.45. The molecule has 0 spiro atoms. The van der Waals surface area contributed by atoms with Gasteiger partial charge in [-0.3, -0.25) is 0 Å². The van der Waals surface area contributed by atoms with Crippen LogP contribution in [0.3, 0.4) is 0 Å². The third-order valence-electron chi connectivity index (χ3n) is 4.35. The molecule has 2 atom stereocenters. The second kappa shape index (κ2) is 5.83. The van der Waals surface area contributed by atoms with Crippen LogP contribution in [0.2, 0.25) is 5.02 Å². The number of oxazole rings is 1. The first kappa shape index (κ1) is 15.0. The summed E-state index contributed by atoms with van der Waals surface area (Å²) in [5.41, 5.74) is 2.02. The van der Waals surface area contributed by atoms with E-state index in [9.17, 15) is 5.11 Å². The fourth-order valence-electron chi connectivity index (χ4n) is 3.13. The van der Waals surface area contributed by atoms with Crippen LogP contribution in [0.1, 0.15) is 6.92 Å². The first-order valence-electron chi connectivity index (χ1n) is 7.77. The Morgan fingerprint density at radius 3 is 2.96 bits per heavy atom. The number of ether oxygens (including phenoxy) is 1. The molecule has 2 aromatic rings. The van der Waals surface area contributed by atoms with Crippen molar-refractivity contribution >= 4 is 34.4 Å². The maximum absolute atomic E-state index is 9.97. The summed E-state index contributed by atoms with van der Waals surface area (Å²) in [6.45, 7) is 5.81. The molecule has 0 amide bonds. The van der Waals surface area contributed by atoms with E-state index in [4.69, 9.17) is 20.8 Å². The van der Waals surface area contributed by atoms with Gasteiger partial charge >= 0.3 is 0 Å². The minimum absolute atomic E-state index is 0.302. The smallest absolute Gasteiger partial charge is 0.298 e. The summed E-state index contributed by atoms with van der Waals surface area (Å²) in [6.07, 6.45) is -0.983. The van der Waals surface area contributed by atoms with Crippen molar-refractivity contribution in [3.63, 3.8) is 0 Å². The van der Waals surface area contributed by atoms with Crippen LogP contribution >= 0.6 is 11.6 Å². The van der Waals surface area contributed by atoms with Gasteiger partial charge in [-0.15, -0.1) is 0 Å². The Bertz CT molecular complexity index is 722. The van der Waals surface area contributed by atoms with Gasteiger partial charge in [-0.1, -0.05) is 11.6 Å². The number of anilines is 2. The highest BCUT2D eigenvalue weighted by Crippen LogP contribution is 2.36. The lowest BCUT2D eigenvalue weighted by atomic mass is 10.2. The Morgan fingerprint density at radius 2 is 2.22 bits per heavy atom.